The lowest BCUT2D eigenvalue weighted by Gasteiger charge is -2.15. The summed E-state index contributed by atoms with van der Waals surface area (Å²) in [5, 5.41) is 5.90. The van der Waals surface area contributed by atoms with Gasteiger partial charge in [-0.3, -0.25) is 19.3 Å². The van der Waals surface area contributed by atoms with Gasteiger partial charge in [0.2, 0.25) is 5.91 Å². The smallest absolute Gasteiger partial charge is 0.278 e. The van der Waals surface area contributed by atoms with Crippen LogP contribution in [0.2, 0.25) is 0 Å². The minimum absolute atomic E-state index is 0.179. The topological polar surface area (TPSA) is 87.7 Å². The van der Waals surface area contributed by atoms with Gasteiger partial charge in [0.15, 0.2) is 0 Å². The average Bonchev–Trinajstić information content (AvgIpc) is 2.94. The zero-order valence-electron chi connectivity index (χ0n) is 19.0. The van der Waals surface area contributed by atoms with Gasteiger partial charge < -0.3 is 15.4 Å². The third kappa shape index (κ3) is 5.42. The molecule has 0 radical (unpaired) electrons. The molecule has 7 nitrogen and oxygen atoms in total. The summed E-state index contributed by atoms with van der Waals surface area (Å²) in [4.78, 5) is 39.1. The lowest BCUT2D eigenvalue weighted by atomic mass is 10.0. The summed E-state index contributed by atoms with van der Waals surface area (Å²) < 4.78 is 5.36. The second kappa shape index (κ2) is 10.2. The molecule has 3 rings (SSSR count). The first-order chi connectivity index (χ1) is 15.3. The van der Waals surface area contributed by atoms with Crippen molar-refractivity contribution in [1.82, 2.24) is 4.90 Å². The predicted molar refractivity (Wildman–Crippen MR) is 125 cm³/mol. The number of imide groups is 1. The van der Waals surface area contributed by atoms with Crippen molar-refractivity contribution in [1.29, 1.82) is 0 Å². The van der Waals surface area contributed by atoms with Crippen molar-refractivity contribution in [3.8, 4) is 0 Å². The summed E-state index contributed by atoms with van der Waals surface area (Å²) in [5.74, 6) is -0.876. The Kier molecular flexibility index (Phi) is 7.43. The number of anilines is 2. The first-order valence-electron chi connectivity index (χ1n) is 10.7. The van der Waals surface area contributed by atoms with Crippen molar-refractivity contribution in [2.45, 2.75) is 34.1 Å². The lowest BCUT2D eigenvalue weighted by Crippen LogP contribution is -2.34. The Labute approximate surface area is 188 Å². The molecular formula is C25H29N3O4. The molecule has 0 aromatic heterocycles. The average molecular weight is 436 g/mol. The first kappa shape index (κ1) is 23.2. The molecule has 0 saturated heterocycles. The van der Waals surface area contributed by atoms with Gasteiger partial charge >= 0.3 is 0 Å². The van der Waals surface area contributed by atoms with E-state index in [4.69, 9.17) is 4.74 Å². The molecule has 1 heterocycles. The molecule has 1 aliphatic heterocycles. The molecule has 2 aromatic rings. The molecule has 0 aliphatic carbocycles. The van der Waals surface area contributed by atoms with Crippen LogP contribution >= 0.6 is 0 Å². The number of nitrogens with zero attached hydrogens (tertiary/aromatic N) is 1. The van der Waals surface area contributed by atoms with Crippen LogP contribution in [-0.2, 0) is 19.1 Å². The van der Waals surface area contributed by atoms with Crippen molar-refractivity contribution in [3.63, 3.8) is 0 Å². The number of carbonyl (C=O) groups excluding carboxylic acids is 3. The van der Waals surface area contributed by atoms with Crippen LogP contribution in [0.5, 0.6) is 0 Å². The van der Waals surface area contributed by atoms with Crippen molar-refractivity contribution in [2.75, 3.05) is 30.4 Å². The fraction of sp³-hybridized carbons (Fsp3) is 0.320. The van der Waals surface area contributed by atoms with E-state index in [0.29, 0.717) is 36.5 Å². The van der Waals surface area contributed by atoms with Crippen LogP contribution in [0.4, 0.5) is 11.4 Å². The number of benzene rings is 2. The number of carbonyl (C=O) groups is 3. The molecule has 0 bridgehead atoms. The minimum atomic E-state index is -0.355. The Hall–Kier alpha value is -3.45. The molecule has 32 heavy (non-hydrogen) atoms. The molecule has 0 fully saturated rings. The van der Waals surface area contributed by atoms with Crippen LogP contribution in [0.25, 0.3) is 5.57 Å². The molecule has 7 heteroatoms. The van der Waals surface area contributed by atoms with Gasteiger partial charge in [-0.25, -0.2) is 0 Å². The fourth-order valence-corrected chi connectivity index (χ4v) is 3.75. The molecule has 0 spiro atoms. The highest BCUT2D eigenvalue weighted by molar-refractivity contribution is 6.36. The van der Waals surface area contributed by atoms with E-state index >= 15 is 0 Å². The number of aryl methyl sites for hydroxylation is 2. The number of nitrogens with one attached hydrogen (secondary N) is 2. The zero-order chi connectivity index (χ0) is 23.3. The van der Waals surface area contributed by atoms with E-state index in [0.717, 1.165) is 16.8 Å². The highest BCUT2D eigenvalue weighted by atomic mass is 16.5. The Bertz CT molecular complexity index is 1040. The maximum Gasteiger partial charge on any atom is 0.278 e. The molecule has 168 valence electrons. The quantitative estimate of drug-likeness (QED) is 0.461. The fourth-order valence-electron chi connectivity index (χ4n) is 3.75. The van der Waals surface area contributed by atoms with Crippen molar-refractivity contribution in [3.05, 3.63) is 64.9 Å². The van der Waals surface area contributed by atoms with Crippen LogP contribution in [0.1, 0.15) is 37.0 Å². The number of ether oxygens (including phenoxy) is 1. The number of hydrogen-bond acceptors (Lipinski definition) is 5. The summed E-state index contributed by atoms with van der Waals surface area (Å²) in [5.41, 5.74) is 4.66. The predicted octanol–water partition coefficient (Wildman–Crippen LogP) is 3.88. The van der Waals surface area contributed by atoms with Gasteiger partial charge in [-0.05, 0) is 68.1 Å². The Morgan fingerprint density at radius 2 is 1.62 bits per heavy atom. The van der Waals surface area contributed by atoms with Gasteiger partial charge in [0.25, 0.3) is 11.8 Å². The molecular weight excluding hydrogens is 406 g/mol. The van der Waals surface area contributed by atoms with E-state index in [9.17, 15) is 14.4 Å². The van der Waals surface area contributed by atoms with E-state index in [-0.39, 0.29) is 30.0 Å². The molecule has 3 amide bonds. The first-order valence-corrected chi connectivity index (χ1v) is 10.7. The van der Waals surface area contributed by atoms with E-state index in [2.05, 4.69) is 10.6 Å². The van der Waals surface area contributed by atoms with Crippen molar-refractivity contribution >= 4 is 34.7 Å². The van der Waals surface area contributed by atoms with Crippen LogP contribution in [0.15, 0.2) is 48.2 Å². The highest BCUT2D eigenvalue weighted by Gasteiger charge is 2.38. The van der Waals surface area contributed by atoms with Gasteiger partial charge in [-0.15, -0.1) is 0 Å². The summed E-state index contributed by atoms with van der Waals surface area (Å²) in [7, 11) is 0. The monoisotopic (exact) mass is 435 g/mol. The van der Waals surface area contributed by atoms with Gasteiger partial charge in [0.05, 0.1) is 5.57 Å². The largest absolute Gasteiger partial charge is 0.382 e. The molecule has 0 unspecified atom stereocenters. The summed E-state index contributed by atoms with van der Waals surface area (Å²) in [6, 6.07) is 12.8. The highest BCUT2D eigenvalue weighted by Crippen LogP contribution is 2.31. The molecule has 1 aliphatic rings. The molecule has 2 aromatic carbocycles. The van der Waals surface area contributed by atoms with Crippen LogP contribution < -0.4 is 10.6 Å². The summed E-state index contributed by atoms with van der Waals surface area (Å²) in [6.07, 6.45) is 0.566. The summed E-state index contributed by atoms with van der Waals surface area (Å²) >= 11 is 0. The molecule has 0 saturated carbocycles. The van der Waals surface area contributed by atoms with Gasteiger partial charge in [0.1, 0.15) is 5.70 Å². The number of hydrogen-bond donors (Lipinski definition) is 2. The number of rotatable bonds is 9. The maximum absolute atomic E-state index is 13.3. The minimum Gasteiger partial charge on any atom is -0.382 e. The zero-order valence-corrected chi connectivity index (χ0v) is 19.0. The van der Waals surface area contributed by atoms with E-state index in [1.165, 1.54) is 11.8 Å². The molecule has 2 N–H and O–H groups in total. The van der Waals surface area contributed by atoms with E-state index in [1.54, 1.807) is 24.3 Å². The Morgan fingerprint density at radius 3 is 2.22 bits per heavy atom. The summed E-state index contributed by atoms with van der Waals surface area (Å²) in [6.45, 7) is 8.65. The normalized spacial score (nSPS) is 13.7. The Morgan fingerprint density at radius 1 is 0.969 bits per heavy atom. The van der Waals surface area contributed by atoms with Crippen LogP contribution in [0.3, 0.4) is 0 Å². The van der Waals surface area contributed by atoms with Gasteiger partial charge in [-0.2, -0.15) is 0 Å². The van der Waals surface area contributed by atoms with E-state index < -0.39 is 0 Å². The van der Waals surface area contributed by atoms with Crippen molar-refractivity contribution < 1.29 is 19.1 Å². The van der Waals surface area contributed by atoms with Gasteiger partial charge in [-0.1, -0.05) is 18.2 Å². The standard InChI is InChI=1S/C25H29N3O4/c1-5-32-12-6-11-28-24(30)22(19-7-9-20(10-8-19)26-18(4)29)23(25(28)31)27-21-14-16(2)13-17(3)15-21/h7-10,13-15,27H,5-6,11-12H2,1-4H3,(H,26,29). The Balaban J connectivity index is 1.96. The maximum atomic E-state index is 13.3. The third-order valence-corrected chi connectivity index (χ3v) is 5.03. The second-order valence-corrected chi connectivity index (χ2v) is 7.82. The molecule has 0 atom stereocenters. The van der Waals surface area contributed by atoms with E-state index in [1.807, 2.05) is 39.0 Å². The van der Waals surface area contributed by atoms with Crippen molar-refractivity contribution in [2.24, 2.45) is 0 Å². The van der Waals surface area contributed by atoms with Gasteiger partial charge in [0, 0.05) is 38.1 Å². The van der Waals surface area contributed by atoms with Crippen LogP contribution in [-0.4, -0.2) is 42.4 Å². The second-order valence-electron chi connectivity index (χ2n) is 7.82. The third-order valence-electron chi connectivity index (χ3n) is 5.03. The lowest BCUT2D eigenvalue weighted by molar-refractivity contribution is -0.137. The van der Waals surface area contributed by atoms with Crippen LogP contribution in [0, 0.1) is 13.8 Å². The number of amides is 3. The SMILES string of the molecule is CCOCCCN1C(=O)C(Nc2cc(C)cc(C)c2)=C(c2ccc(NC(C)=O)cc2)C1=O.